The Kier molecular flexibility index (Phi) is 3.35. The molecular formula is C17H30N2. The first kappa shape index (κ1) is 12.6. The fraction of sp³-hybridized carbons (Fsp3) is 1.00. The van der Waals surface area contributed by atoms with E-state index in [1.807, 2.05) is 0 Å². The van der Waals surface area contributed by atoms with Gasteiger partial charge in [-0.1, -0.05) is 12.8 Å². The van der Waals surface area contributed by atoms with Crippen LogP contribution in [0.2, 0.25) is 0 Å². The molecule has 3 unspecified atom stereocenters. The monoisotopic (exact) mass is 262 g/mol. The van der Waals surface area contributed by atoms with Gasteiger partial charge in [-0.25, -0.2) is 0 Å². The van der Waals surface area contributed by atoms with Crippen LogP contribution in [0.15, 0.2) is 0 Å². The van der Waals surface area contributed by atoms with Crippen molar-refractivity contribution in [2.24, 2.45) is 17.8 Å². The Morgan fingerprint density at radius 1 is 0.947 bits per heavy atom. The van der Waals surface area contributed by atoms with Crippen molar-refractivity contribution in [1.82, 2.24) is 10.2 Å². The molecule has 3 aliphatic carbocycles. The second kappa shape index (κ2) is 5.04. The molecule has 4 rings (SSSR count). The SMILES string of the molecule is CC(C1CC1)N1CC(CC2CC2)CC(NC2CC2)C1. The molecule has 19 heavy (non-hydrogen) atoms. The van der Waals surface area contributed by atoms with E-state index < -0.39 is 0 Å². The van der Waals surface area contributed by atoms with E-state index in [2.05, 4.69) is 17.1 Å². The van der Waals surface area contributed by atoms with E-state index in [-0.39, 0.29) is 0 Å². The molecule has 4 fully saturated rings. The average Bonchev–Trinajstić information content (AvgIpc) is 3.25. The molecule has 3 atom stereocenters. The van der Waals surface area contributed by atoms with E-state index >= 15 is 0 Å². The van der Waals surface area contributed by atoms with Crippen LogP contribution in [0.25, 0.3) is 0 Å². The van der Waals surface area contributed by atoms with Gasteiger partial charge in [0, 0.05) is 31.2 Å². The molecule has 0 radical (unpaired) electrons. The van der Waals surface area contributed by atoms with Crippen LogP contribution in [0.4, 0.5) is 0 Å². The zero-order valence-electron chi connectivity index (χ0n) is 12.5. The van der Waals surface area contributed by atoms with Gasteiger partial charge < -0.3 is 5.32 Å². The van der Waals surface area contributed by atoms with Crippen molar-refractivity contribution in [2.45, 2.75) is 76.4 Å². The van der Waals surface area contributed by atoms with Crippen molar-refractivity contribution in [3.8, 4) is 0 Å². The zero-order valence-corrected chi connectivity index (χ0v) is 12.5. The van der Waals surface area contributed by atoms with Crippen molar-refractivity contribution in [2.75, 3.05) is 13.1 Å². The Bertz CT molecular complexity index is 295. The minimum Gasteiger partial charge on any atom is -0.310 e. The first-order valence-electron chi connectivity index (χ1n) is 8.78. The maximum absolute atomic E-state index is 3.92. The van der Waals surface area contributed by atoms with E-state index in [0.29, 0.717) is 0 Å². The van der Waals surface area contributed by atoms with Gasteiger partial charge in [0.05, 0.1) is 0 Å². The van der Waals surface area contributed by atoms with Gasteiger partial charge in [0.1, 0.15) is 0 Å². The summed E-state index contributed by atoms with van der Waals surface area (Å²) in [5, 5.41) is 3.92. The minimum absolute atomic E-state index is 0.797. The van der Waals surface area contributed by atoms with E-state index in [1.54, 1.807) is 0 Å². The summed E-state index contributed by atoms with van der Waals surface area (Å²) < 4.78 is 0. The summed E-state index contributed by atoms with van der Waals surface area (Å²) in [6.07, 6.45) is 11.9. The molecule has 2 nitrogen and oxygen atoms in total. The average molecular weight is 262 g/mol. The standard InChI is InChI=1S/C17H30N2/c1-12(15-4-5-15)19-10-14(8-13-2-3-13)9-17(11-19)18-16-6-7-16/h12-18H,2-11H2,1H3. The lowest BCUT2D eigenvalue weighted by Gasteiger charge is -2.42. The summed E-state index contributed by atoms with van der Waals surface area (Å²) >= 11 is 0. The van der Waals surface area contributed by atoms with Crippen LogP contribution in [-0.2, 0) is 0 Å². The molecule has 1 saturated heterocycles. The molecule has 0 aromatic heterocycles. The Balaban J connectivity index is 1.37. The Morgan fingerprint density at radius 2 is 1.74 bits per heavy atom. The van der Waals surface area contributed by atoms with Crippen LogP contribution in [0.5, 0.6) is 0 Å². The summed E-state index contributed by atoms with van der Waals surface area (Å²) in [5.74, 6) is 3.11. The highest BCUT2D eigenvalue weighted by molar-refractivity contribution is 4.95. The van der Waals surface area contributed by atoms with Crippen LogP contribution in [0, 0.1) is 17.8 Å². The largest absolute Gasteiger partial charge is 0.310 e. The lowest BCUT2D eigenvalue weighted by Crippen LogP contribution is -2.53. The highest BCUT2D eigenvalue weighted by Crippen LogP contribution is 2.40. The molecule has 0 spiro atoms. The minimum atomic E-state index is 0.797. The number of hydrogen-bond acceptors (Lipinski definition) is 2. The Labute approximate surface area is 118 Å². The molecule has 108 valence electrons. The number of likely N-dealkylation sites (tertiary alicyclic amines) is 1. The molecule has 0 aromatic carbocycles. The van der Waals surface area contributed by atoms with Crippen LogP contribution < -0.4 is 5.32 Å². The Morgan fingerprint density at radius 3 is 2.37 bits per heavy atom. The molecule has 1 aliphatic heterocycles. The predicted molar refractivity (Wildman–Crippen MR) is 79.2 cm³/mol. The molecule has 0 aromatic rings. The third kappa shape index (κ3) is 3.33. The predicted octanol–water partition coefficient (Wildman–Crippen LogP) is 3.03. The van der Waals surface area contributed by atoms with Gasteiger partial charge in [-0.05, 0) is 63.2 Å². The summed E-state index contributed by atoms with van der Waals surface area (Å²) in [5.41, 5.74) is 0. The second-order valence-corrected chi connectivity index (χ2v) is 7.95. The third-order valence-electron chi connectivity index (χ3n) is 5.86. The number of nitrogens with one attached hydrogen (secondary N) is 1. The summed E-state index contributed by atoms with van der Waals surface area (Å²) in [7, 11) is 0. The highest BCUT2D eigenvalue weighted by atomic mass is 15.2. The van der Waals surface area contributed by atoms with E-state index in [1.165, 1.54) is 64.5 Å². The van der Waals surface area contributed by atoms with Crippen LogP contribution in [0.3, 0.4) is 0 Å². The lowest BCUT2D eigenvalue weighted by atomic mass is 9.88. The van der Waals surface area contributed by atoms with Gasteiger partial charge in [0.2, 0.25) is 0 Å². The molecular weight excluding hydrogens is 232 g/mol. The molecule has 4 aliphatic rings. The summed E-state index contributed by atoms with van der Waals surface area (Å²) in [6.45, 7) is 5.22. The van der Waals surface area contributed by atoms with Gasteiger partial charge in [0.25, 0.3) is 0 Å². The first-order valence-corrected chi connectivity index (χ1v) is 8.78. The third-order valence-corrected chi connectivity index (χ3v) is 5.86. The summed E-state index contributed by atoms with van der Waals surface area (Å²) in [6, 6.07) is 2.53. The number of nitrogens with zero attached hydrogens (tertiary/aromatic N) is 1. The van der Waals surface area contributed by atoms with Crippen molar-refractivity contribution >= 4 is 0 Å². The van der Waals surface area contributed by atoms with Crippen LogP contribution >= 0.6 is 0 Å². The quantitative estimate of drug-likeness (QED) is 0.791. The lowest BCUT2D eigenvalue weighted by molar-refractivity contribution is 0.0880. The zero-order chi connectivity index (χ0) is 12.8. The Hall–Kier alpha value is -0.0800. The fourth-order valence-electron chi connectivity index (χ4n) is 4.15. The van der Waals surface area contributed by atoms with Gasteiger partial charge in [0.15, 0.2) is 0 Å². The van der Waals surface area contributed by atoms with E-state index in [4.69, 9.17) is 0 Å². The highest BCUT2D eigenvalue weighted by Gasteiger charge is 2.39. The molecule has 1 N–H and O–H groups in total. The van der Waals surface area contributed by atoms with E-state index in [9.17, 15) is 0 Å². The van der Waals surface area contributed by atoms with Crippen LogP contribution in [-0.4, -0.2) is 36.1 Å². The molecule has 0 amide bonds. The molecule has 0 bridgehead atoms. The molecule has 3 saturated carbocycles. The summed E-state index contributed by atoms with van der Waals surface area (Å²) in [4.78, 5) is 2.84. The maximum atomic E-state index is 3.92. The molecule has 2 heteroatoms. The smallest absolute Gasteiger partial charge is 0.0200 e. The molecule has 1 heterocycles. The number of hydrogen-bond donors (Lipinski definition) is 1. The van der Waals surface area contributed by atoms with Crippen molar-refractivity contribution < 1.29 is 0 Å². The van der Waals surface area contributed by atoms with Gasteiger partial charge in [-0.2, -0.15) is 0 Å². The van der Waals surface area contributed by atoms with Crippen molar-refractivity contribution in [3.63, 3.8) is 0 Å². The van der Waals surface area contributed by atoms with Gasteiger partial charge in [-0.15, -0.1) is 0 Å². The maximum Gasteiger partial charge on any atom is 0.0200 e. The van der Waals surface area contributed by atoms with Crippen molar-refractivity contribution in [3.05, 3.63) is 0 Å². The first-order chi connectivity index (χ1) is 9.28. The van der Waals surface area contributed by atoms with Crippen molar-refractivity contribution in [1.29, 1.82) is 0 Å². The van der Waals surface area contributed by atoms with Gasteiger partial charge >= 0.3 is 0 Å². The topological polar surface area (TPSA) is 15.3 Å². The van der Waals surface area contributed by atoms with Gasteiger partial charge in [-0.3, -0.25) is 4.90 Å². The fourth-order valence-corrected chi connectivity index (χ4v) is 4.15. The number of rotatable bonds is 6. The van der Waals surface area contributed by atoms with E-state index in [0.717, 1.165) is 35.9 Å². The second-order valence-electron chi connectivity index (χ2n) is 7.95. The van der Waals surface area contributed by atoms with Crippen LogP contribution in [0.1, 0.15) is 58.3 Å². The number of piperidine rings is 1. The normalized spacial score (nSPS) is 38.4.